The molecule has 0 bridgehead atoms. The first-order valence-corrected chi connectivity index (χ1v) is 7.95. The molecule has 2 aromatic heterocycles. The van der Waals surface area contributed by atoms with Gasteiger partial charge in [-0.25, -0.2) is 0 Å². The van der Waals surface area contributed by atoms with Gasteiger partial charge in [-0.1, -0.05) is 12.1 Å². The molecular formula is C18H20N2O2. The zero-order chi connectivity index (χ0) is 15.2. The minimum atomic E-state index is -1.37. The van der Waals surface area contributed by atoms with Gasteiger partial charge in [0.1, 0.15) is 11.2 Å². The van der Waals surface area contributed by atoms with Gasteiger partial charge >= 0.3 is 0 Å². The molecule has 0 radical (unpaired) electrons. The molecule has 0 saturated heterocycles. The number of nitrogens with zero attached hydrogens (tertiary/aromatic N) is 2. The van der Waals surface area contributed by atoms with Gasteiger partial charge in [0, 0.05) is 12.4 Å². The summed E-state index contributed by atoms with van der Waals surface area (Å²) in [6, 6.07) is 11.0. The highest BCUT2D eigenvalue weighted by Gasteiger charge is 2.66. The van der Waals surface area contributed by atoms with E-state index in [4.69, 9.17) is 0 Å². The molecule has 114 valence electrons. The average Bonchev–Trinajstić information content (AvgIpc) is 3.46. The predicted molar refractivity (Wildman–Crippen MR) is 81.7 cm³/mol. The van der Waals surface area contributed by atoms with E-state index in [2.05, 4.69) is 9.97 Å². The SMILES string of the molecule is OC(c1ccccn1)(C1CC1)C(O)(c1ccccn1)C1CC1. The standard InChI is InChI=1S/C18H20N2O2/c21-17(13-7-8-13,15-5-1-3-11-19-15)18(22,14-9-10-14)16-6-2-4-12-20-16/h1-6,11-14,21-22H,7-10H2. The van der Waals surface area contributed by atoms with Gasteiger partial charge in [-0.3, -0.25) is 9.97 Å². The van der Waals surface area contributed by atoms with Crippen molar-refractivity contribution < 1.29 is 10.2 Å². The molecule has 2 unspecified atom stereocenters. The van der Waals surface area contributed by atoms with Crippen molar-refractivity contribution in [2.75, 3.05) is 0 Å². The topological polar surface area (TPSA) is 66.2 Å². The van der Waals surface area contributed by atoms with Crippen LogP contribution in [0.4, 0.5) is 0 Å². The second-order valence-corrected chi connectivity index (χ2v) is 6.51. The largest absolute Gasteiger partial charge is 0.380 e. The first kappa shape index (κ1) is 13.9. The van der Waals surface area contributed by atoms with E-state index in [-0.39, 0.29) is 11.8 Å². The number of aliphatic hydroxyl groups is 2. The second kappa shape index (κ2) is 4.86. The Hall–Kier alpha value is -1.78. The van der Waals surface area contributed by atoms with E-state index in [1.165, 1.54) is 0 Å². The van der Waals surface area contributed by atoms with Crippen molar-refractivity contribution in [3.8, 4) is 0 Å². The number of rotatable bonds is 5. The van der Waals surface area contributed by atoms with Crippen LogP contribution in [0.25, 0.3) is 0 Å². The predicted octanol–water partition coefficient (Wildman–Crippen LogP) is 2.37. The number of hydrogen-bond acceptors (Lipinski definition) is 4. The van der Waals surface area contributed by atoms with E-state index >= 15 is 0 Å². The lowest BCUT2D eigenvalue weighted by molar-refractivity contribution is -0.195. The van der Waals surface area contributed by atoms with Crippen molar-refractivity contribution in [1.29, 1.82) is 0 Å². The summed E-state index contributed by atoms with van der Waals surface area (Å²) in [6.45, 7) is 0. The quantitative estimate of drug-likeness (QED) is 0.889. The molecule has 4 nitrogen and oxygen atoms in total. The third kappa shape index (κ3) is 1.91. The van der Waals surface area contributed by atoms with E-state index in [1.807, 2.05) is 36.4 Å². The van der Waals surface area contributed by atoms with Gasteiger partial charge in [0.15, 0.2) is 0 Å². The third-order valence-corrected chi connectivity index (χ3v) is 5.03. The zero-order valence-electron chi connectivity index (χ0n) is 12.4. The Kier molecular flexibility index (Phi) is 3.06. The van der Waals surface area contributed by atoms with Gasteiger partial charge in [-0.2, -0.15) is 0 Å². The Balaban J connectivity index is 1.90. The maximum Gasteiger partial charge on any atom is 0.144 e. The molecule has 2 aliphatic carbocycles. The smallest absolute Gasteiger partial charge is 0.144 e. The first-order valence-electron chi connectivity index (χ1n) is 7.95. The molecule has 2 fully saturated rings. The van der Waals surface area contributed by atoms with Crippen LogP contribution in [0.2, 0.25) is 0 Å². The lowest BCUT2D eigenvalue weighted by atomic mass is 9.71. The summed E-state index contributed by atoms with van der Waals surface area (Å²) in [5.41, 5.74) is -1.64. The molecule has 0 amide bonds. The molecule has 2 aliphatic rings. The summed E-state index contributed by atoms with van der Waals surface area (Å²) in [6.07, 6.45) is 7.00. The van der Waals surface area contributed by atoms with E-state index in [1.54, 1.807) is 12.4 Å². The molecule has 2 heterocycles. The van der Waals surface area contributed by atoms with Crippen LogP contribution in [0.5, 0.6) is 0 Å². The maximum atomic E-state index is 11.7. The van der Waals surface area contributed by atoms with E-state index in [9.17, 15) is 10.2 Å². The molecule has 2 atom stereocenters. The van der Waals surface area contributed by atoms with E-state index in [0.717, 1.165) is 25.7 Å². The lowest BCUT2D eigenvalue weighted by Crippen LogP contribution is -2.53. The fourth-order valence-corrected chi connectivity index (χ4v) is 3.61. The Morgan fingerprint density at radius 1 is 0.727 bits per heavy atom. The Bertz CT molecular complexity index is 596. The zero-order valence-corrected chi connectivity index (χ0v) is 12.4. The monoisotopic (exact) mass is 296 g/mol. The molecule has 2 N–H and O–H groups in total. The van der Waals surface area contributed by atoms with Crippen LogP contribution < -0.4 is 0 Å². The number of pyridine rings is 2. The van der Waals surface area contributed by atoms with Crippen molar-refractivity contribution in [3.05, 3.63) is 60.2 Å². The summed E-state index contributed by atoms with van der Waals surface area (Å²) >= 11 is 0. The van der Waals surface area contributed by atoms with Crippen molar-refractivity contribution >= 4 is 0 Å². The number of aromatic nitrogens is 2. The van der Waals surface area contributed by atoms with E-state index < -0.39 is 11.2 Å². The minimum Gasteiger partial charge on any atom is -0.380 e. The highest BCUT2D eigenvalue weighted by atomic mass is 16.4. The highest BCUT2D eigenvalue weighted by Crippen LogP contribution is 2.61. The summed E-state index contributed by atoms with van der Waals surface area (Å²) in [4.78, 5) is 8.75. The second-order valence-electron chi connectivity index (χ2n) is 6.51. The molecule has 2 saturated carbocycles. The molecular weight excluding hydrogens is 276 g/mol. The third-order valence-electron chi connectivity index (χ3n) is 5.03. The van der Waals surface area contributed by atoms with Crippen LogP contribution in [0.15, 0.2) is 48.8 Å². The van der Waals surface area contributed by atoms with E-state index in [0.29, 0.717) is 11.4 Å². The van der Waals surface area contributed by atoms with Crippen LogP contribution in [0.1, 0.15) is 37.1 Å². The first-order chi connectivity index (χ1) is 10.7. The van der Waals surface area contributed by atoms with Crippen molar-refractivity contribution in [1.82, 2.24) is 9.97 Å². The van der Waals surface area contributed by atoms with Gasteiger partial charge in [-0.15, -0.1) is 0 Å². The Morgan fingerprint density at radius 2 is 1.14 bits per heavy atom. The molecule has 22 heavy (non-hydrogen) atoms. The summed E-state index contributed by atoms with van der Waals surface area (Å²) in [5, 5.41) is 23.3. The summed E-state index contributed by atoms with van der Waals surface area (Å²) < 4.78 is 0. The minimum absolute atomic E-state index is 0.0370. The van der Waals surface area contributed by atoms with Crippen LogP contribution in [-0.2, 0) is 11.2 Å². The van der Waals surface area contributed by atoms with Gasteiger partial charge in [0.05, 0.1) is 11.4 Å². The number of hydrogen-bond donors (Lipinski definition) is 2. The van der Waals surface area contributed by atoms with Crippen molar-refractivity contribution in [3.63, 3.8) is 0 Å². The van der Waals surface area contributed by atoms with Crippen molar-refractivity contribution in [2.24, 2.45) is 11.8 Å². The molecule has 0 aliphatic heterocycles. The fraction of sp³-hybridized carbons (Fsp3) is 0.444. The van der Waals surface area contributed by atoms with Gasteiger partial charge in [-0.05, 0) is 61.8 Å². The van der Waals surface area contributed by atoms with Crippen molar-refractivity contribution in [2.45, 2.75) is 36.9 Å². The highest BCUT2D eigenvalue weighted by molar-refractivity contribution is 5.31. The lowest BCUT2D eigenvalue weighted by Gasteiger charge is -2.43. The Morgan fingerprint density at radius 3 is 1.41 bits per heavy atom. The van der Waals surface area contributed by atoms with Gasteiger partial charge in [0.25, 0.3) is 0 Å². The van der Waals surface area contributed by atoms with Gasteiger partial charge in [0.2, 0.25) is 0 Å². The fourth-order valence-electron chi connectivity index (χ4n) is 3.61. The summed E-state index contributed by atoms with van der Waals surface area (Å²) in [5.74, 6) is 0.0741. The van der Waals surface area contributed by atoms with Crippen LogP contribution in [0.3, 0.4) is 0 Å². The molecule has 4 rings (SSSR count). The summed E-state index contributed by atoms with van der Waals surface area (Å²) in [7, 11) is 0. The van der Waals surface area contributed by atoms with Crippen LogP contribution in [0, 0.1) is 11.8 Å². The molecule has 0 aromatic carbocycles. The maximum absolute atomic E-state index is 11.7. The Labute approximate surface area is 129 Å². The molecule has 4 heteroatoms. The van der Waals surface area contributed by atoms with Crippen LogP contribution in [-0.4, -0.2) is 20.2 Å². The molecule has 0 spiro atoms. The van der Waals surface area contributed by atoms with Gasteiger partial charge < -0.3 is 10.2 Å². The van der Waals surface area contributed by atoms with Crippen LogP contribution >= 0.6 is 0 Å². The normalized spacial score (nSPS) is 23.5. The molecule has 2 aromatic rings. The average molecular weight is 296 g/mol.